The maximum atomic E-state index is 13.4. The molecule has 2 heterocycles. The summed E-state index contributed by atoms with van der Waals surface area (Å²) >= 11 is 3.04. The fraction of sp³-hybridized carbons (Fsp3) is 0.556. The third kappa shape index (κ3) is 7.78. The number of amides is 3. The van der Waals surface area contributed by atoms with Crippen LogP contribution in [-0.2, 0) is 20.9 Å². The summed E-state index contributed by atoms with van der Waals surface area (Å²) in [4.78, 5) is 45.9. The van der Waals surface area contributed by atoms with E-state index in [1.807, 2.05) is 49.9 Å². The molecule has 4 atom stereocenters. The predicted octanol–water partition coefficient (Wildman–Crippen LogP) is 3.23. The van der Waals surface area contributed by atoms with E-state index in [4.69, 9.17) is 0 Å². The number of β-amino-alcohol motifs (C(OH)–C–C–N with tert-alkyl or cyclic N) is 1. The van der Waals surface area contributed by atoms with Crippen molar-refractivity contribution in [3.05, 3.63) is 41.0 Å². The van der Waals surface area contributed by atoms with Crippen molar-refractivity contribution >= 4 is 40.8 Å². The Morgan fingerprint density at radius 1 is 1.22 bits per heavy atom. The molecule has 8 nitrogen and oxygen atoms in total. The van der Waals surface area contributed by atoms with Crippen LogP contribution in [0.2, 0.25) is 0 Å². The van der Waals surface area contributed by atoms with Crippen LogP contribution in [-0.4, -0.2) is 69.5 Å². The molecule has 1 aliphatic rings. The molecule has 1 unspecified atom stereocenters. The second-order valence-electron chi connectivity index (χ2n) is 10.1. The third-order valence-corrected chi connectivity index (χ3v) is 8.55. The molecule has 1 aromatic carbocycles. The number of aliphatic hydroxyl groups excluding tert-OH is 1. The predicted molar refractivity (Wildman–Crippen MR) is 149 cm³/mol. The summed E-state index contributed by atoms with van der Waals surface area (Å²) in [5.74, 6) is 0.127. The van der Waals surface area contributed by atoms with Gasteiger partial charge in [-0.25, -0.2) is 4.98 Å². The molecule has 1 aromatic heterocycles. The van der Waals surface area contributed by atoms with E-state index >= 15 is 0 Å². The second-order valence-corrected chi connectivity index (χ2v) is 11.8. The van der Waals surface area contributed by atoms with Gasteiger partial charge in [-0.3, -0.25) is 14.4 Å². The van der Waals surface area contributed by atoms with Crippen LogP contribution in [0.5, 0.6) is 0 Å². The van der Waals surface area contributed by atoms with Gasteiger partial charge in [-0.2, -0.15) is 11.8 Å². The highest BCUT2D eigenvalue weighted by molar-refractivity contribution is 7.98. The monoisotopic (exact) mass is 546 g/mol. The number of thioether (sulfide) groups is 1. The molecule has 3 amide bonds. The van der Waals surface area contributed by atoms with Gasteiger partial charge in [0.1, 0.15) is 12.1 Å². The zero-order valence-corrected chi connectivity index (χ0v) is 23.8. The number of hydrogen-bond acceptors (Lipinski definition) is 7. The number of rotatable bonds is 11. The minimum Gasteiger partial charge on any atom is -0.391 e. The van der Waals surface area contributed by atoms with E-state index < -0.39 is 18.2 Å². The van der Waals surface area contributed by atoms with Gasteiger partial charge in [0.2, 0.25) is 17.7 Å². The lowest BCUT2D eigenvalue weighted by molar-refractivity contribution is -0.141. The number of nitrogens with zero attached hydrogens (tertiary/aromatic N) is 2. The Hall–Kier alpha value is -2.43. The molecular weight excluding hydrogens is 508 g/mol. The molecule has 0 radical (unpaired) electrons. The first-order valence-electron chi connectivity index (χ1n) is 12.6. The second kappa shape index (κ2) is 13.4. The molecule has 1 fully saturated rings. The lowest BCUT2D eigenvalue weighted by atomic mass is 9.94. The number of aryl methyl sites for hydroxylation is 1. The Morgan fingerprint density at radius 3 is 2.51 bits per heavy atom. The minimum atomic E-state index is -0.784. The van der Waals surface area contributed by atoms with Gasteiger partial charge in [0.15, 0.2) is 0 Å². The fourth-order valence-electron chi connectivity index (χ4n) is 4.29. The molecule has 3 rings (SSSR count). The van der Waals surface area contributed by atoms with Crippen LogP contribution in [0.1, 0.15) is 44.9 Å². The van der Waals surface area contributed by atoms with Gasteiger partial charge in [0.05, 0.1) is 22.2 Å². The Kier molecular flexibility index (Phi) is 10.5. The number of thiazole rings is 1. The first-order chi connectivity index (χ1) is 17.6. The maximum Gasteiger partial charge on any atom is 0.246 e. The number of aliphatic hydroxyl groups is 1. The van der Waals surface area contributed by atoms with E-state index in [2.05, 4.69) is 29.5 Å². The van der Waals surface area contributed by atoms with Gasteiger partial charge in [-0.1, -0.05) is 45.0 Å². The van der Waals surface area contributed by atoms with Crippen LogP contribution in [0.3, 0.4) is 0 Å². The molecule has 37 heavy (non-hydrogen) atoms. The molecule has 1 aliphatic heterocycles. The van der Waals surface area contributed by atoms with E-state index in [9.17, 15) is 19.5 Å². The quantitative estimate of drug-likeness (QED) is 0.399. The zero-order chi connectivity index (χ0) is 27.1. The smallest absolute Gasteiger partial charge is 0.246 e. The maximum absolute atomic E-state index is 13.4. The molecule has 0 aliphatic carbocycles. The molecule has 0 saturated carbocycles. The van der Waals surface area contributed by atoms with Crippen molar-refractivity contribution in [2.24, 2.45) is 11.8 Å². The van der Waals surface area contributed by atoms with E-state index in [0.29, 0.717) is 24.6 Å². The third-order valence-electron chi connectivity index (χ3n) is 6.91. The summed E-state index contributed by atoms with van der Waals surface area (Å²) in [7, 11) is 0. The van der Waals surface area contributed by atoms with Crippen LogP contribution in [0.15, 0.2) is 29.8 Å². The molecule has 10 heteroatoms. The SMILES string of the molecule is CSC[C@H](NC(=O)CC(C)C(C)C)C(=O)N1C[C@H](O)C[C@H]1C(=O)NCc1ccc(-c2scnc2C)cc1. The van der Waals surface area contributed by atoms with E-state index in [-0.39, 0.29) is 36.6 Å². The Bertz CT molecular complexity index is 1070. The number of likely N-dealkylation sites (tertiary alicyclic amines) is 1. The lowest BCUT2D eigenvalue weighted by Crippen LogP contribution is -2.54. The average molecular weight is 547 g/mol. The Labute approximate surface area is 227 Å². The van der Waals surface area contributed by atoms with Gasteiger partial charge in [-0.05, 0) is 36.1 Å². The van der Waals surface area contributed by atoms with Crippen molar-refractivity contribution in [3.63, 3.8) is 0 Å². The summed E-state index contributed by atoms with van der Waals surface area (Å²) in [5, 5.41) is 16.1. The summed E-state index contributed by atoms with van der Waals surface area (Å²) in [6.45, 7) is 8.50. The van der Waals surface area contributed by atoms with Gasteiger partial charge < -0.3 is 20.6 Å². The van der Waals surface area contributed by atoms with E-state index in [1.165, 1.54) is 16.7 Å². The lowest BCUT2D eigenvalue weighted by Gasteiger charge is -2.28. The van der Waals surface area contributed by atoms with Crippen LogP contribution in [0, 0.1) is 18.8 Å². The molecular formula is C27H38N4O4S2. The topological polar surface area (TPSA) is 112 Å². The summed E-state index contributed by atoms with van der Waals surface area (Å²) < 4.78 is 0. The highest BCUT2D eigenvalue weighted by Gasteiger charge is 2.41. The summed E-state index contributed by atoms with van der Waals surface area (Å²) in [6, 6.07) is 6.41. The summed E-state index contributed by atoms with van der Waals surface area (Å²) in [5.41, 5.74) is 4.82. The average Bonchev–Trinajstić information content (AvgIpc) is 3.47. The number of hydrogen-bond donors (Lipinski definition) is 3. The number of carbonyl (C=O) groups is 3. The fourth-order valence-corrected chi connectivity index (χ4v) is 5.66. The molecule has 0 bridgehead atoms. The number of aromatic nitrogens is 1. The van der Waals surface area contributed by atoms with Gasteiger partial charge >= 0.3 is 0 Å². The number of benzene rings is 1. The molecule has 2 aromatic rings. The molecule has 0 spiro atoms. The van der Waals surface area contributed by atoms with Crippen LogP contribution in [0.25, 0.3) is 10.4 Å². The number of nitrogens with one attached hydrogen (secondary N) is 2. The van der Waals surface area contributed by atoms with Crippen molar-refractivity contribution in [1.29, 1.82) is 0 Å². The van der Waals surface area contributed by atoms with Gasteiger partial charge in [0, 0.05) is 31.7 Å². The molecule has 202 valence electrons. The first kappa shape index (κ1) is 29.1. The Morgan fingerprint density at radius 2 is 1.92 bits per heavy atom. The largest absolute Gasteiger partial charge is 0.391 e. The normalized spacial score (nSPS) is 19.1. The highest BCUT2D eigenvalue weighted by atomic mass is 32.2. The Balaban J connectivity index is 1.62. The first-order valence-corrected chi connectivity index (χ1v) is 14.9. The molecule has 3 N–H and O–H groups in total. The zero-order valence-electron chi connectivity index (χ0n) is 22.2. The van der Waals surface area contributed by atoms with Gasteiger partial charge in [-0.15, -0.1) is 11.3 Å². The van der Waals surface area contributed by atoms with Crippen molar-refractivity contribution < 1.29 is 19.5 Å². The molecule has 1 saturated heterocycles. The van der Waals surface area contributed by atoms with Crippen LogP contribution >= 0.6 is 23.1 Å². The minimum absolute atomic E-state index is 0.0724. The number of carbonyl (C=O) groups excluding carboxylic acids is 3. The van der Waals surface area contributed by atoms with Crippen molar-refractivity contribution in [1.82, 2.24) is 20.5 Å². The van der Waals surface area contributed by atoms with Crippen molar-refractivity contribution in [2.45, 2.75) is 65.3 Å². The standard InChI is InChI=1S/C27H38N4O4S2/c1-16(2)17(3)10-24(33)30-22(14-36-5)27(35)31-13-21(32)11-23(31)26(34)28-12-19-6-8-20(9-7-19)25-18(4)29-15-37-25/h6-9,15-17,21-23,32H,10-14H2,1-5H3,(H,28,34)(H,30,33)/t17?,21-,22+,23+/m1/s1. The van der Waals surface area contributed by atoms with Crippen molar-refractivity contribution in [3.8, 4) is 10.4 Å². The van der Waals surface area contributed by atoms with Crippen LogP contribution in [0.4, 0.5) is 0 Å². The highest BCUT2D eigenvalue weighted by Crippen LogP contribution is 2.27. The summed E-state index contributed by atoms with van der Waals surface area (Å²) in [6.07, 6.45) is 1.59. The van der Waals surface area contributed by atoms with E-state index in [1.54, 1.807) is 11.3 Å². The van der Waals surface area contributed by atoms with Crippen molar-refractivity contribution in [2.75, 3.05) is 18.6 Å². The van der Waals surface area contributed by atoms with Gasteiger partial charge in [0.25, 0.3) is 0 Å². The van der Waals surface area contributed by atoms with E-state index in [0.717, 1.165) is 21.7 Å². The van der Waals surface area contributed by atoms with Crippen LogP contribution < -0.4 is 10.6 Å².